The number of anilines is 2. The molecular weight excluding hydrogens is 295 g/mol. The summed E-state index contributed by atoms with van der Waals surface area (Å²) in [7, 11) is 0. The van der Waals surface area contributed by atoms with Gasteiger partial charge in [0, 0.05) is 24.2 Å². The number of benzene rings is 1. The van der Waals surface area contributed by atoms with Crippen LogP contribution in [0.15, 0.2) is 61.1 Å². The van der Waals surface area contributed by atoms with Crippen LogP contribution in [-0.2, 0) is 0 Å². The topological polar surface area (TPSA) is 68.0 Å². The van der Waals surface area contributed by atoms with Gasteiger partial charge in [0.15, 0.2) is 0 Å². The van der Waals surface area contributed by atoms with Crippen molar-refractivity contribution >= 4 is 17.2 Å². The Morgan fingerprint density at radius 3 is 2.57 bits per heavy atom. The molecule has 0 saturated heterocycles. The van der Waals surface area contributed by atoms with Gasteiger partial charge in [0.2, 0.25) is 5.95 Å². The molecule has 0 radical (unpaired) electrons. The number of hydrogen-bond acceptors (Lipinski definition) is 5. The van der Waals surface area contributed by atoms with Crippen molar-refractivity contribution in [1.82, 2.24) is 24.8 Å². The summed E-state index contributed by atoms with van der Waals surface area (Å²) in [6.07, 6.45) is 4.87. The average Bonchev–Trinajstić information content (AvgIpc) is 2.95. The lowest BCUT2D eigenvalue weighted by Gasteiger charge is -2.06. The van der Waals surface area contributed by atoms with E-state index in [1.807, 2.05) is 6.07 Å². The molecule has 0 aliphatic rings. The van der Waals surface area contributed by atoms with Gasteiger partial charge in [-0.15, -0.1) is 9.73 Å². The number of nitrogens with one attached hydrogen (secondary N) is 1. The van der Waals surface area contributed by atoms with Crippen LogP contribution in [0.4, 0.5) is 16.0 Å². The second kappa shape index (κ2) is 5.45. The summed E-state index contributed by atoms with van der Waals surface area (Å²) in [5.41, 5.74) is 2.15. The first-order valence-corrected chi connectivity index (χ1v) is 6.96. The van der Waals surface area contributed by atoms with E-state index in [-0.39, 0.29) is 5.82 Å². The molecule has 0 saturated carbocycles. The fourth-order valence-electron chi connectivity index (χ4n) is 2.33. The van der Waals surface area contributed by atoms with Gasteiger partial charge in [0.05, 0.1) is 5.69 Å². The van der Waals surface area contributed by atoms with Gasteiger partial charge >= 0.3 is 0 Å². The van der Waals surface area contributed by atoms with Crippen molar-refractivity contribution in [2.24, 2.45) is 0 Å². The molecule has 0 unspecified atom stereocenters. The second-order valence-corrected chi connectivity index (χ2v) is 4.80. The summed E-state index contributed by atoms with van der Waals surface area (Å²) in [6, 6.07) is 11.8. The normalized spacial score (nSPS) is 10.8. The van der Waals surface area contributed by atoms with E-state index in [1.54, 1.807) is 48.9 Å². The molecular formula is C16H11FN6. The first-order chi connectivity index (χ1) is 11.3. The van der Waals surface area contributed by atoms with Crippen LogP contribution in [0, 0.1) is 5.82 Å². The highest BCUT2D eigenvalue weighted by atomic mass is 19.1. The summed E-state index contributed by atoms with van der Waals surface area (Å²) in [5.74, 6) is 0.0526. The Morgan fingerprint density at radius 1 is 0.913 bits per heavy atom. The molecule has 7 heteroatoms. The molecule has 6 nitrogen and oxygen atoms in total. The third-order valence-corrected chi connectivity index (χ3v) is 3.35. The molecule has 3 aromatic heterocycles. The average molecular weight is 306 g/mol. The summed E-state index contributed by atoms with van der Waals surface area (Å²) in [5, 5.41) is 11.7. The molecule has 1 aromatic carbocycles. The summed E-state index contributed by atoms with van der Waals surface area (Å²) in [6.45, 7) is 0. The third-order valence-electron chi connectivity index (χ3n) is 3.35. The molecule has 0 atom stereocenters. The van der Waals surface area contributed by atoms with Gasteiger partial charge in [0.1, 0.15) is 17.0 Å². The summed E-state index contributed by atoms with van der Waals surface area (Å²) in [4.78, 5) is 8.29. The Kier molecular flexibility index (Phi) is 3.16. The molecule has 1 N–H and O–H groups in total. The van der Waals surface area contributed by atoms with Crippen molar-refractivity contribution in [2.45, 2.75) is 0 Å². The minimum atomic E-state index is -0.354. The van der Waals surface area contributed by atoms with Crippen molar-refractivity contribution in [1.29, 1.82) is 0 Å². The van der Waals surface area contributed by atoms with Crippen LogP contribution in [0.3, 0.4) is 0 Å². The van der Waals surface area contributed by atoms with Gasteiger partial charge in [-0.1, -0.05) is 12.1 Å². The maximum Gasteiger partial charge on any atom is 0.227 e. The van der Waals surface area contributed by atoms with E-state index >= 15 is 0 Å². The molecule has 0 aliphatic heterocycles. The molecule has 112 valence electrons. The number of rotatable bonds is 3. The van der Waals surface area contributed by atoms with E-state index < -0.39 is 0 Å². The summed E-state index contributed by atoms with van der Waals surface area (Å²) < 4.78 is 15.6. The van der Waals surface area contributed by atoms with Gasteiger partial charge in [-0.3, -0.25) is 0 Å². The number of aromatic nitrogens is 5. The maximum atomic E-state index is 14.2. The van der Waals surface area contributed by atoms with Crippen LogP contribution in [0.5, 0.6) is 0 Å². The molecule has 0 spiro atoms. The predicted octanol–water partition coefficient (Wildman–Crippen LogP) is 3.07. The molecule has 4 aromatic rings. The zero-order valence-electron chi connectivity index (χ0n) is 11.9. The minimum Gasteiger partial charge on any atom is -0.320 e. The third kappa shape index (κ3) is 2.38. The van der Waals surface area contributed by atoms with Crippen LogP contribution in [0.25, 0.3) is 16.8 Å². The van der Waals surface area contributed by atoms with E-state index in [9.17, 15) is 4.39 Å². The molecule has 3 heterocycles. The number of hydrogen-bond donors (Lipinski definition) is 1. The van der Waals surface area contributed by atoms with Gasteiger partial charge in [-0.05, 0) is 30.3 Å². The largest absolute Gasteiger partial charge is 0.320 e. The Morgan fingerprint density at radius 2 is 1.74 bits per heavy atom. The Labute approximate surface area is 130 Å². The Balaban J connectivity index is 1.93. The zero-order chi connectivity index (χ0) is 15.6. The van der Waals surface area contributed by atoms with E-state index in [1.165, 1.54) is 10.7 Å². The predicted molar refractivity (Wildman–Crippen MR) is 83.7 cm³/mol. The number of fused-ring (bicyclic) bond motifs is 1. The molecule has 0 aliphatic carbocycles. The van der Waals surface area contributed by atoms with E-state index in [0.717, 1.165) is 0 Å². The van der Waals surface area contributed by atoms with Gasteiger partial charge < -0.3 is 5.32 Å². The van der Waals surface area contributed by atoms with Crippen LogP contribution in [0.2, 0.25) is 0 Å². The second-order valence-electron chi connectivity index (χ2n) is 4.80. The van der Waals surface area contributed by atoms with E-state index in [0.29, 0.717) is 28.4 Å². The number of nitrogens with zero attached hydrogens (tertiary/aromatic N) is 5. The quantitative estimate of drug-likeness (QED) is 0.630. The zero-order valence-corrected chi connectivity index (χ0v) is 11.9. The molecule has 0 amide bonds. The fraction of sp³-hybridized carbons (Fsp3) is 0. The molecule has 0 fully saturated rings. The SMILES string of the molecule is Fc1ccccc1-c1nn2ncccc2c1Nc1ncccn1. The van der Waals surface area contributed by atoms with E-state index in [2.05, 4.69) is 25.5 Å². The van der Waals surface area contributed by atoms with Crippen molar-refractivity contribution in [2.75, 3.05) is 5.32 Å². The summed E-state index contributed by atoms with van der Waals surface area (Å²) >= 11 is 0. The Bertz CT molecular complexity index is 967. The lowest BCUT2D eigenvalue weighted by molar-refractivity contribution is 0.630. The van der Waals surface area contributed by atoms with Gasteiger partial charge in [-0.25, -0.2) is 14.4 Å². The standard InChI is InChI=1S/C16H11FN6/c17-12-6-2-1-5-11(12)14-15(21-16-18-8-4-9-19-16)13-7-3-10-20-23(13)22-14/h1-10H,(H,18,19,21). The Hall–Kier alpha value is -3.35. The van der Waals surface area contributed by atoms with Crippen molar-refractivity contribution in [3.8, 4) is 11.3 Å². The highest BCUT2D eigenvalue weighted by Crippen LogP contribution is 2.33. The van der Waals surface area contributed by atoms with Gasteiger partial charge in [0.25, 0.3) is 0 Å². The number of halogens is 1. The molecule has 0 bridgehead atoms. The van der Waals surface area contributed by atoms with E-state index in [4.69, 9.17) is 0 Å². The lowest BCUT2D eigenvalue weighted by Crippen LogP contribution is -1.97. The fourth-order valence-corrected chi connectivity index (χ4v) is 2.33. The highest BCUT2D eigenvalue weighted by Gasteiger charge is 2.18. The van der Waals surface area contributed by atoms with Crippen LogP contribution in [0.1, 0.15) is 0 Å². The molecule has 23 heavy (non-hydrogen) atoms. The van der Waals surface area contributed by atoms with Crippen LogP contribution in [-0.4, -0.2) is 24.8 Å². The first-order valence-electron chi connectivity index (χ1n) is 6.96. The van der Waals surface area contributed by atoms with Gasteiger partial charge in [-0.2, -0.15) is 5.10 Å². The highest BCUT2D eigenvalue weighted by molar-refractivity contribution is 5.89. The minimum absolute atomic E-state index is 0.354. The monoisotopic (exact) mass is 306 g/mol. The lowest BCUT2D eigenvalue weighted by atomic mass is 10.1. The maximum absolute atomic E-state index is 14.2. The van der Waals surface area contributed by atoms with Crippen LogP contribution < -0.4 is 5.32 Å². The van der Waals surface area contributed by atoms with Crippen LogP contribution >= 0.6 is 0 Å². The van der Waals surface area contributed by atoms with Crippen molar-refractivity contribution < 1.29 is 4.39 Å². The molecule has 4 rings (SSSR count). The first kappa shape index (κ1) is 13.3. The van der Waals surface area contributed by atoms with Crippen molar-refractivity contribution in [3.05, 3.63) is 66.9 Å². The van der Waals surface area contributed by atoms with Crippen molar-refractivity contribution in [3.63, 3.8) is 0 Å². The smallest absolute Gasteiger partial charge is 0.227 e.